The Morgan fingerprint density at radius 3 is 2.35 bits per heavy atom. The Balaban J connectivity index is 1.59. The van der Waals surface area contributed by atoms with E-state index in [1.165, 1.54) is 53.2 Å². The highest BCUT2D eigenvalue weighted by atomic mass is 32.2. The molecule has 3 aromatic carbocycles. The number of anilines is 2. The first-order valence-electron chi connectivity index (χ1n) is 16.7. The monoisotopic (exact) mass is 734 g/mol. The van der Waals surface area contributed by atoms with Crippen LogP contribution < -0.4 is 14.8 Å². The van der Waals surface area contributed by atoms with E-state index in [1.54, 1.807) is 31.2 Å². The summed E-state index contributed by atoms with van der Waals surface area (Å²) in [5.41, 5.74) is -0.394. The first-order valence-corrected chi connectivity index (χ1v) is 18.2. The lowest BCUT2D eigenvalue weighted by Gasteiger charge is -2.35. The van der Waals surface area contributed by atoms with Crippen LogP contribution in [0.4, 0.5) is 29.3 Å². The number of likely N-dealkylation sites (N-methyl/N-ethyl adjacent to an activating group) is 1. The molecular weight excluding hydrogens is 689 g/mol. The lowest BCUT2D eigenvalue weighted by Crippen LogP contribution is -2.48. The summed E-state index contributed by atoms with van der Waals surface area (Å²) < 4.78 is 80.2. The second kappa shape index (κ2) is 17.2. The average Bonchev–Trinajstić information content (AvgIpc) is 3.09. The standard InChI is InChI=1S/C36H45F3N4O7S/c1-24-21-43(25(2)23-44)34(45)31-20-29(41-51(47,48)30-11-6-5-7-12-30)17-18-32(31)50-26(3)10-8-9-19-49-33(24)22-42(4)35(46)40-28-15-13-27(14-16-28)36(37,38)39/h5-7,11-18,20,24-26,33,41,44H,8-10,19,21-23H2,1-4H3,(H,40,46)/t24-,25+,26-,33+/m0/s1. The smallest absolute Gasteiger partial charge is 0.416 e. The normalized spacial score (nSPS) is 20.0. The van der Waals surface area contributed by atoms with Gasteiger partial charge in [0, 0.05) is 44.0 Å². The predicted octanol–water partition coefficient (Wildman–Crippen LogP) is 6.47. The minimum absolute atomic E-state index is 0.0506. The van der Waals surface area contributed by atoms with Gasteiger partial charge in [-0.1, -0.05) is 25.1 Å². The minimum Gasteiger partial charge on any atom is -0.490 e. The zero-order valence-corrected chi connectivity index (χ0v) is 29.8. The summed E-state index contributed by atoms with van der Waals surface area (Å²) in [6, 6.07) is 15.2. The van der Waals surface area contributed by atoms with Crippen LogP contribution in [0.1, 0.15) is 56.0 Å². The quantitative estimate of drug-likeness (QED) is 0.242. The van der Waals surface area contributed by atoms with Gasteiger partial charge in [0.15, 0.2) is 0 Å². The number of alkyl halides is 3. The van der Waals surface area contributed by atoms with Crippen molar-refractivity contribution >= 4 is 33.3 Å². The van der Waals surface area contributed by atoms with E-state index in [-0.39, 0.29) is 59.3 Å². The Kier molecular flexibility index (Phi) is 13.3. The SMILES string of the molecule is C[C@H](CO)N1C[C@H](C)[C@@H](CN(C)C(=O)Nc2ccc(C(F)(F)F)cc2)OCCCC[C@H](C)Oc2ccc(NS(=O)(=O)c3ccccc3)cc2C1=O. The van der Waals surface area contributed by atoms with Gasteiger partial charge in [0.2, 0.25) is 0 Å². The van der Waals surface area contributed by atoms with E-state index in [4.69, 9.17) is 9.47 Å². The highest BCUT2D eigenvalue weighted by Crippen LogP contribution is 2.31. The summed E-state index contributed by atoms with van der Waals surface area (Å²) in [6.45, 7) is 5.58. The zero-order valence-electron chi connectivity index (χ0n) is 29.0. The van der Waals surface area contributed by atoms with E-state index < -0.39 is 45.8 Å². The van der Waals surface area contributed by atoms with Crippen molar-refractivity contribution in [2.24, 2.45) is 5.92 Å². The van der Waals surface area contributed by atoms with Crippen molar-refractivity contribution in [2.45, 2.75) is 69.4 Å². The van der Waals surface area contributed by atoms with Gasteiger partial charge >= 0.3 is 12.2 Å². The Hall–Kier alpha value is -4.34. The van der Waals surface area contributed by atoms with Crippen LogP contribution in [0.15, 0.2) is 77.7 Å². The fourth-order valence-corrected chi connectivity index (χ4v) is 6.65. The number of halogens is 3. The highest BCUT2D eigenvalue weighted by molar-refractivity contribution is 7.92. The fraction of sp³-hybridized carbons (Fsp3) is 0.444. The Morgan fingerprint density at radius 2 is 1.71 bits per heavy atom. The van der Waals surface area contributed by atoms with Gasteiger partial charge in [-0.05, 0) is 87.7 Å². The molecule has 0 saturated heterocycles. The second-order valence-corrected chi connectivity index (χ2v) is 14.5. The first kappa shape index (κ1) is 39.4. The molecule has 15 heteroatoms. The Labute approximate surface area is 296 Å². The lowest BCUT2D eigenvalue weighted by molar-refractivity contribution is -0.137. The van der Waals surface area contributed by atoms with Crippen LogP contribution in [-0.4, -0.2) is 86.9 Å². The van der Waals surface area contributed by atoms with Crippen LogP contribution in [0.3, 0.4) is 0 Å². The summed E-state index contributed by atoms with van der Waals surface area (Å²) in [7, 11) is -2.43. The van der Waals surface area contributed by atoms with E-state index in [2.05, 4.69) is 10.0 Å². The van der Waals surface area contributed by atoms with Gasteiger partial charge in [0.1, 0.15) is 5.75 Å². The molecule has 0 aromatic heterocycles. The van der Waals surface area contributed by atoms with Crippen molar-refractivity contribution in [3.8, 4) is 5.75 Å². The molecule has 278 valence electrons. The first-order chi connectivity index (χ1) is 24.1. The van der Waals surface area contributed by atoms with Gasteiger partial charge in [0.05, 0.1) is 40.9 Å². The third kappa shape index (κ3) is 10.8. The molecular formula is C36H45F3N4O7S. The number of carbonyl (C=O) groups excluding carboxylic acids is 2. The average molecular weight is 735 g/mol. The van der Waals surface area contributed by atoms with Crippen LogP contribution in [0, 0.1) is 5.92 Å². The van der Waals surface area contributed by atoms with Gasteiger partial charge in [-0.2, -0.15) is 13.2 Å². The van der Waals surface area contributed by atoms with Crippen molar-refractivity contribution in [3.63, 3.8) is 0 Å². The molecule has 0 bridgehead atoms. The van der Waals surface area contributed by atoms with Crippen LogP contribution in [0.2, 0.25) is 0 Å². The van der Waals surface area contributed by atoms with Crippen molar-refractivity contribution < 1.29 is 45.8 Å². The zero-order chi connectivity index (χ0) is 37.3. The summed E-state index contributed by atoms with van der Waals surface area (Å²) in [5, 5.41) is 12.8. The molecule has 51 heavy (non-hydrogen) atoms. The number of sulfonamides is 1. The molecule has 1 aliphatic heterocycles. The van der Waals surface area contributed by atoms with Gasteiger partial charge < -0.3 is 29.7 Å². The van der Waals surface area contributed by atoms with Gasteiger partial charge in [-0.3, -0.25) is 9.52 Å². The predicted molar refractivity (Wildman–Crippen MR) is 187 cm³/mol. The molecule has 0 spiro atoms. The third-order valence-electron chi connectivity index (χ3n) is 8.62. The number of hydrogen-bond donors (Lipinski definition) is 3. The number of rotatable bonds is 8. The van der Waals surface area contributed by atoms with Crippen molar-refractivity contribution in [2.75, 3.05) is 43.4 Å². The highest BCUT2D eigenvalue weighted by Gasteiger charge is 2.32. The Morgan fingerprint density at radius 1 is 1.04 bits per heavy atom. The van der Waals surface area contributed by atoms with Crippen LogP contribution >= 0.6 is 0 Å². The molecule has 0 aliphatic carbocycles. The minimum atomic E-state index is -4.50. The number of nitrogens with zero attached hydrogens (tertiary/aromatic N) is 2. The second-order valence-electron chi connectivity index (χ2n) is 12.8. The molecule has 0 unspecified atom stereocenters. The molecule has 3 aromatic rings. The number of ether oxygens (including phenoxy) is 2. The Bertz CT molecular complexity index is 1730. The molecule has 0 saturated carbocycles. The number of hydrogen-bond acceptors (Lipinski definition) is 7. The number of urea groups is 1. The lowest BCUT2D eigenvalue weighted by atomic mass is 10.0. The van der Waals surface area contributed by atoms with E-state index in [0.29, 0.717) is 19.4 Å². The molecule has 4 rings (SSSR count). The maximum Gasteiger partial charge on any atom is 0.416 e. The number of fused-ring (bicyclic) bond motifs is 1. The van der Waals surface area contributed by atoms with Crippen molar-refractivity contribution in [1.82, 2.24) is 9.80 Å². The number of amides is 3. The largest absolute Gasteiger partial charge is 0.490 e. The van der Waals surface area contributed by atoms with Crippen molar-refractivity contribution in [1.29, 1.82) is 0 Å². The van der Waals surface area contributed by atoms with Crippen LogP contribution in [0.5, 0.6) is 5.75 Å². The fourth-order valence-electron chi connectivity index (χ4n) is 5.58. The molecule has 4 atom stereocenters. The molecule has 1 heterocycles. The van der Waals surface area contributed by atoms with Crippen molar-refractivity contribution in [3.05, 3.63) is 83.9 Å². The third-order valence-corrected chi connectivity index (χ3v) is 10.0. The van der Waals surface area contributed by atoms with Gasteiger partial charge in [-0.25, -0.2) is 13.2 Å². The van der Waals surface area contributed by atoms with Crippen LogP contribution in [-0.2, 0) is 20.9 Å². The number of aliphatic hydroxyl groups is 1. The number of carbonyl (C=O) groups is 2. The molecule has 0 radical (unpaired) electrons. The summed E-state index contributed by atoms with van der Waals surface area (Å²) >= 11 is 0. The van der Waals surface area contributed by atoms with E-state index in [9.17, 15) is 36.3 Å². The topological polar surface area (TPSA) is 138 Å². The molecule has 11 nitrogen and oxygen atoms in total. The summed E-state index contributed by atoms with van der Waals surface area (Å²) in [4.78, 5) is 30.3. The molecule has 1 aliphatic rings. The van der Waals surface area contributed by atoms with E-state index in [0.717, 1.165) is 18.6 Å². The maximum atomic E-state index is 14.3. The van der Waals surface area contributed by atoms with Gasteiger partial charge in [0.25, 0.3) is 15.9 Å². The van der Waals surface area contributed by atoms with E-state index in [1.807, 2.05) is 13.8 Å². The summed E-state index contributed by atoms with van der Waals surface area (Å²) in [6.07, 6.45) is -3.33. The van der Waals surface area contributed by atoms with Gasteiger partial charge in [-0.15, -0.1) is 0 Å². The molecule has 0 fully saturated rings. The maximum absolute atomic E-state index is 14.3. The molecule has 3 N–H and O–H groups in total. The van der Waals surface area contributed by atoms with E-state index >= 15 is 0 Å². The number of aliphatic hydroxyl groups excluding tert-OH is 1. The summed E-state index contributed by atoms with van der Waals surface area (Å²) in [5.74, 6) is -0.617. The van der Waals surface area contributed by atoms with Crippen LogP contribution in [0.25, 0.3) is 0 Å². The number of benzene rings is 3. The molecule has 3 amide bonds. The number of nitrogens with one attached hydrogen (secondary N) is 2.